The van der Waals surface area contributed by atoms with Crippen LogP contribution in [0.3, 0.4) is 0 Å². The van der Waals surface area contributed by atoms with Crippen LogP contribution in [0.2, 0.25) is 5.02 Å². The molecule has 0 saturated heterocycles. The van der Waals surface area contributed by atoms with Crippen molar-refractivity contribution in [3.8, 4) is 0 Å². The summed E-state index contributed by atoms with van der Waals surface area (Å²) in [5, 5.41) is 14.8. The van der Waals surface area contributed by atoms with Crippen LogP contribution in [-0.2, 0) is 0 Å². The van der Waals surface area contributed by atoms with Crippen LogP contribution in [0.5, 0.6) is 0 Å². The second-order valence-corrected chi connectivity index (χ2v) is 6.06. The van der Waals surface area contributed by atoms with E-state index in [9.17, 15) is 10.1 Å². The lowest BCUT2D eigenvalue weighted by Gasteiger charge is -2.17. The van der Waals surface area contributed by atoms with Crippen molar-refractivity contribution in [2.24, 2.45) is 0 Å². The summed E-state index contributed by atoms with van der Waals surface area (Å²) in [6.45, 7) is 3.88. The van der Waals surface area contributed by atoms with E-state index in [0.717, 1.165) is 21.3 Å². The van der Waals surface area contributed by atoms with Crippen LogP contribution < -0.4 is 5.32 Å². The fourth-order valence-corrected chi connectivity index (χ4v) is 2.72. The second kappa shape index (κ2) is 6.45. The number of nitrogens with zero attached hydrogens (tertiary/aromatic N) is 1. The molecule has 0 saturated carbocycles. The van der Waals surface area contributed by atoms with Crippen molar-refractivity contribution in [3.05, 3.63) is 67.1 Å². The van der Waals surface area contributed by atoms with Crippen molar-refractivity contribution in [1.82, 2.24) is 0 Å². The summed E-state index contributed by atoms with van der Waals surface area (Å²) in [5.41, 5.74) is 2.76. The van der Waals surface area contributed by atoms with Crippen LogP contribution in [0.1, 0.15) is 24.1 Å². The molecule has 2 aromatic carbocycles. The van der Waals surface area contributed by atoms with Crippen molar-refractivity contribution in [2.45, 2.75) is 19.9 Å². The van der Waals surface area contributed by atoms with Crippen LogP contribution in [0.25, 0.3) is 0 Å². The summed E-state index contributed by atoms with van der Waals surface area (Å²) in [4.78, 5) is 10.4. The molecule has 0 aliphatic carbocycles. The van der Waals surface area contributed by atoms with E-state index >= 15 is 0 Å². The Morgan fingerprint density at radius 1 is 1.33 bits per heavy atom. The van der Waals surface area contributed by atoms with Gasteiger partial charge in [0, 0.05) is 27.7 Å². The number of nitro groups is 1. The number of hydrogen-bond acceptors (Lipinski definition) is 3. The zero-order valence-electron chi connectivity index (χ0n) is 11.6. The third-order valence-electron chi connectivity index (χ3n) is 3.20. The zero-order chi connectivity index (χ0) is 15.6. The molecule has 0 fully saturated rings. The van der Waals surface area contributed by atoms with Gasteiger partial charge in [0.2, 0.25) is 0 Å². The van der Waals surface area contributed by atoms with Crippen molar-refractivity contribution < 1.29 is 4.92 Å². The Labute approximate surface area is 136 Å². The summed E-state index contributed by atoms with van der Waals surface area (Å²) >= 11 is 9.62. The smallest absolute Gasteiger partial charge is 0.269 e. The number of aryl methyl sites for hydroxylation is 1. The molecule has 0 amide bonds. The Morgan fingerprint density at radius 2 is 2.05 bits per heavy atom. The van der Waals surface area contributed by atoms with Gasteiger partial charge in [0.1, 0.15) is 0 Å². The van der Waals surface area contributed by atoms with E-state index in [0.29, 0.717) is 5.02 Å². The number of benzene rings is 2. The predicted molar refractivity (Wildman–Crippen MR) is 89.0 cm³/mol. The molecule has 1 N–H and O–H groups in total. The Morgan fingerprint density at radius 3 is 2.71 bits per heavy atom. The molecule has 2 rings (SSSR count). The van der Waals surface area contributed by atoms with Crippen molar-refractivity contribution in [3.63, 3.8) is 0 Å². The van der Waals surface area contributed by atoms with Crippen molar-refractivity contribution in [1.29, 1.82) is 0 Å². The summed E-state index contributed by atoms with van der Waals surface area (Å²) < 4.78 is 0.904. The SMILES string of the molecule is Cc1cc(Br)c(NC(C)c2cccc([N+](=O)[O-])c2)cc1Cl. The van der Waals surface area contributed by atoms with Gasteiger partial charge in [-0.1, -0.05) is 23.7 Å². The first-order chi connectivity index (χ1) is 9.88. The minimum atomic E-state index is -0.394. The van der Waals surface area contributed by atoms with Gasteiger partial charge in [-0.05, 0) is 53.0 Å². The van der Waals surface area contributed by atoms with Crippen molar-refractivity contribution >= 4 is 38.9 Å². The van der Waals surface area contributed by atoms with Gasteiger partial charge in [-0.15, -0.1) is 0 Å². The maximum Gasteiger partial charge on any atom is 0.269 e. The first kappa shape index (κ1) is 15.8. The van der Waals surface area contributed by atoms with Gasteiger partial charge >= 0.3 is 0 Å². The quantitative estimate of drug-likeness (QED) is 0.572. The third-order valence-corrected chi connectivity index (χ3v) is 4.26. The monoisotopic (exact) mass is 368 g/mol. The van der Waals surface area contributed by atoms with Crippen molar-refractivity contribution in [2.75, 3.05) is 5.32 Å². The lowest BCUT2D eigenvalue weighted by atomic mass is 10.1. The van der Waals surface area contributed by atoms with Gasteiger partial charge in [0.05, 0.1) is 10.6 Å². The largest absolute Gasteiger partial charge is 0.378 e. The minimum Gasteiger partial charge on any atom is -0.378 e. The Kier molecular flexibility index (Phi) is 4.85. The van der Waals surface area contributed by atoms with E-state index in [2.05, 4.69) is 21.2 Å². The number of halogens is 2. The summed E-state index contributed by atoms with van der Waals surface area (Å²) in [5.74, 6) is 0. The molecule has 2 aromatic rings. The molecule has 21 heavy (non-hydrogen) atoms. The molecule has 0 aliphatic heterocycles. The fraction of sp³-hybridized carbons (Fsp3) is 0.200. The van der Waals surface area contributed by atoms with E-state index < -0.39 is 4.92 Å². The molecule has 0 heterocycles. The van der Waals surface area contributed by atoms with Gasteiger partial charge in [-0.2, -0.15) is 0 Å². The van der Waals surface area contributed by atoms with Crippen LogP contribution in [-0.4, -0.2) is 4.92 Å². The van der Waals surface area contributed by atoms with E-state index in [1.165, 1.54) is 6.07 Å². The minimum absolute atomic E-state index is 0.0834. The molecule has 110 valence electrons. The highest BCUT2D eigenvalue weighted by Crippen LogP contribution is 2.32. The third kappa shape index (κ3) is 3.74. The Bertz CT molecular complexity index is 691. The highest BCUT2D eigenvalue weighted by atomic mass is 79.9. The molecule has 0 radical (unpaired) electrons. The van der Waals surface area contributed by atoms with Gasteiger partial charge in [0.25, 0.3) is 5.69 Å². The molecule has 6 heteroatoms. The number of nitro benzene ring substituents is 1. The molecular weight excluding hydrogens is 356 g/mol. The summed E-state index contributed by atoms with van der Waals surface area (Å²) in [7, 11) is 0. The number of nitrogens with one attached hydrogen (secondary N) is 1. The molecule has 0 spiro atoms. The van der Waals surface area contributed by atoms with Crippen LogP contribution in [0, 0.1) is 17.0 Å². The zero-order valence-corrected chi connectivity index (χ0v) is 13.9. The topological polar surface area (TPSA) is 55.2 Å². The van der Waals surface area contributed by atoms with Crippen LogP contribution in [0.15, 0.2) is 40.9 Å². The average Bonchev–Trinajstić information content (AvgIpc) is 2.44. The standard InChI is InChI=1S/C15H14BrClN2O2/c1-9-6-13(16)15(8-14(9)17)18-10(2)11-4-3-5-12(7-11)19(20)21/h3-8,10,18H,1-2H3. The Hall–Kier alpha value is -1.59. The highest BCUT2D eigenvalue weighted by Gasteiger charge is 2.12. The predicted octanol–water partition coefficient (Wildman–Crippen LogP) is 5.49. The van der Waals surface area contributed by atoms with Gasteiger partial charge < -0.3 is 5.32 Å². The van der Waals surface area contributed by atoms with Gasteiger partial charge in [-0.25, -0.2) is 0 Å². The van der Waals surface area contributed by atoms with Gasteiger partial charge in [-0.3, -0.25) is 10.1 Å². The highest BCUT2D eigenvalue weighted by molar-refractivity contribution is 9.10. The first-order valence-corrected chi connectivity index (χ1v) is 7.52. The second-order valence-electron chi connectivity index (χ2n) is 4.80. The Balaban J connectivity index is 2.26. The van der Waals surface area contributed by atoms with E-state index in [1.807, 2.05) is 32.0 Å². The molecule has 4 nitrogen and oxygen atoms in total. The summed E-state index contributed by atoms with van der Waals surface area (Å²) in [6, 6.07) is 10.3. The maximum atomic E-state index is 10.8. The maximum absolute atomic E-state index is 10.8. The number of anilines is 1. The summed E-state index contributed by atoms with van der Waals surface area (Å²) in [6.07, 6.45) is 0. The first-order valence-electron chi connectivity index (χ1n) is 6.35. The van der Waals surface area contributed by atoms with Gasteiger partial charge in [0.15, 0.2) is 0 Å². The number of rotatable bonds is 4. The van der Waals surface area contributed by atoms with Crippen LogP contribution >= 0.6 is 27.5 Å². The van der Waals surface area contributed by atoms with Crippen LogP contribution in [0.4, 0.5) is 11.4 Å². The molecule has 0 bridgehead atoms. The molecule has 0 aromatic heterocycles. The molecule has 1 unspecified atom stereocenters. The van der Waals surface area contributed by atoms with E-state index in [4.69, 9.17) is 11.6 Å². The lowest BCUT2D eigenvalue weighted by Crippen LogP contribution is -2.07. The lowest BCUT2D eigenvalue weighted by molar-refractivity contribution is -0.384. The fourth-order valence-electron chi connectivity index (χ4n) is 1.98. The number of hydrogen-bond donors (Lipinski definition) is 1. The number of non-ortho nitro benzene ring substituents is 1. The van der Waals surface area contributed by atoms with E-state index in [-0.39, 0.29) is 11.7 Å². The normalized spacial score (nSPS) is 12.0. The molecular formula is C15H14BrClN2O2. The molecule has 0 aliphatic rings. The molecule has 1 atom stereocenters. The average molecular weight is 370 g/mol. The van der Waals surface area contributed by atoms with E-state index in [1.54, 1.807) is 12.1 Å².